The second kappa shape index (κ2) is 10.0. The largest absolute Gasteiger partial charge is 0.465 e. The van der Waals surface area contributed by atoms with Crippen molar-refractivity contribution in [3.63, 3.8) is 0 Å². The van der Waals surface area contributed by atoms with E-state index in [0.29, 0.717) is 13.0 Å². The maximum absolute atomic E-state index is 11.1. The fraction of sp³-hybridized carbons (Fsp3) is 0.583. The Hall–Kier alpha value is -1.05. The lowest BCUT2D eigenvalue weighted by Crippen LogP contribution is -2.03. The van der Waals surface area contributed by atoms with Crippen molar-refractivity contribution in [1.29, 1.82) is 0 Å². The van der Waals surface area contributed by atoms with E-state index in [1.165, 1.54) is 0 Å². The molecular weight excluding hydrogens is 176 g/mol. The zero-order valence-corrected chi connectivity index (χ0v) is 9.16. The highest BCUT2D eigenvalue weighted by Crippen LogP contribution is 1.95. The normalized spacial score (nSPS) is 11.3. The minimum Gasteiger partial charge on any atom is -0.465 e. The number of carbonyl (C=O) groups excluding carboxylic acids is 1. The molecule has 80 valence electrons. The van der Waals surface area contributed by atoms with E-state index in [9.17, 15) is 4.79 Å². The van der Waals surface area contributed by atoms with Gasteiger partial charge < -0.3 is 4.74 Å². The van der Waals surface area contributed by atoms with Crippen molar-refractivity contribution in [2.24, 2.45) is 0 Å². The monoisotopic (exact) mass is 196 g/mol. The van der Waals surface area contributed by atoms with E-state index in [0.717, 1.165) is 19.3 Å². The molecule has 0 radical (unpaired) electrons. The van der Waals surface area contributed by atoms with E-state index in [1.807, 2.05) is 32.1 Å². The predicted octanol–water partition coefficient (Wildman–Crippen LogP) is 3.24. The van der Waals surface area contributed by atoms with Gasteiger partial charge in [0, 0.05) is 0 Å². The molecule has 0 aromatic rings. The van der Waals surface area contributed by atoms with Crippen LogP contribution in [0, 0.1) is 0 Å². The van der Waals surface area contributed by atoms with Crippen LogP contribution in [0.2, 0.25) is 0 Å². The van der Waals surface area contributed by atoms with Crippen molar-refractivity contribution in [3.8, 4) is 0 Å². The van der Waals surface area contributed by atoms with Gasteiger partial charge in [-0.25, -0.2) is 0 Å². The molecule has 0 bridgehead atoms. The summed E-state index contributed by atoms with van der Waals surface area (Å²) in [7, 11) is 0. The van der Waals surface area contributed by atoms with Crippen LogP contribution >= 0.6 is 0 Å². The van der Waals surface area contributed by atoms with Crippen LogP contribution < -0.4 is 0 Å². The molecule has 0 amide bonds. The Morgan fingerprint density at radius 1 is 1.29 bits per heavy atom. The van der Waals surface area contributed by atoms with Crippen molar-refractivity contribution in [2.75, 3.05) is 6.61 Å². The van der Waals surface area contributed by atoms with Gasteiger partial charge >= 0.3 is 5.97 Å². The van der Waals surface area contributed by atoms with Crippen LogP contribution in [-0.4, -0.2) is 12.6 Å². The van der Waals surface area contributed by atoms with Gasteiger partial charge in [0.1, 0.15) is 0 Å². The minimum atomic E-state index is -0.129. The van der Waals surface area contributed by atoms with E-state index in [4.69, 9.17) is 4.74 Å². The van der Waals surface area contributed by atoms with Crippen LogP contribution in [-0.2, 0) is 9.53 Å². The van der Waals surface area contributed by atoms with Crippen LogP contribution in [0.15, 0.2) is 24.3 Å². The van der Waals surface area contributed by atoms with Gasteiger partial charge in [-0.2, -0.15) is 0 Å². The molecule has 2 heteroatoms. The van der Waals surface area contributed by atoms with E-state index in [-0.39, 0.29) is 5.97 Å². The van der Waals surface area contributed by atoms with Crippen molar-refractivity contribution in [2.45, 2.75) is 39.5 Å². The standard InChI is InChI=1S/C12H20O2/c1-3-5-7-9-11-14-12(13)10-8-6-4-2/h3,5-6,8H,4,7,9-11H2,1-2H3. The second-order valence-corrected chi connectivity index (χ2v) is 3.02. The van der Waals surface area contributed by atoms with Crippen LogP contribution in [0.1, 0.15) is 39.5 Å². The van der Waals surface area contributed by atoms with Gasteiger partial charge in [0.05, 0.1) is 13.0 Å². The van der Waals surface area contributed by atoms with E-state index < -0.39 is 0 Å². The van der Waals surface area contributed by atoms with Crippen molar-refractivity contribution in [3.05, 3.63) is 24.3 Å². The maximum Gasteiger partial charge on any atom is 0.309 e. The number of allylic oxidation sites excluding steroid dienone is 3. The summed E-state index contributed by atoms with van der Waals surface area (Å²) < 4.78 is 5.01. The molecule has 0 aliphatic rings. The summed E-state index contributed by atoms with van der Waals surface area (Å²) in [5.41, 5.74) is 0. The fourth-order valence-corrected chi connectivity index (χ4v) is 0.959. The van der Waals surface area contributed by atoms with Gasteiger partial charge in [-0.05, 0) is 26.2 Å². The van der Waals surface area contributed by atoms with Gasteiger partial charge in [0.25, 0.3) is 0 Å². The summed E-state index contributed by atoms with van der Waals surface area (Å²) in [6.45, 7) is 4.56. The first-order chi connectivity index (χ1) is 6.81. The fourth-order valence-electron chi connectivity index (χ4n) is 0.959. The topological polar surface area (TPSA) is 26.3 Å². The number of unbranched alkanes of at least 4 members (excludes halogenated alkanes) is 1. The van der Waals surface area contributed by atoms with Crippen molar-refractivity contribution >= 4 is 5.97 Å². The summed E-state index contributed by atoms with van der Waals surface area (Å²) in [5, 5.41) is 0. The number of esters is 1. The molecule has 0 saturated carbocycles. The van der Waals surface area contributed by atoms with Crippen LogP contribution in [0.3, 0.4) is 0 Å². The molecule has 0 unspecified atom stereocenters. The SMILES string of the molecule is CC=CCCCOC(=O)CC=CCC. The Morgan fingerprint density at radius 2 is 2.07 bits per heavy atom. The lowest BCUT2D eigenvalue weighted by molar-refractivity contribution is -0.142. The van der Waals surface area contributed by atoms with Gasteiger partial charge in [-0.3, -0.25) is 4.79 Å². The minimum absolute atomic E-state index is 0.129. The molecule has 0 saturated heterocycles. The number of hydrogen-bond donors (Lipinski definition) is 0. The van der Waals surface area contributed by atoms with Gasteiger partial charge in [0.15, 0.2) is 0 Å². The Morgan fingerprint density at radius 3 is 2.71 bits per heavy atom. The highest BCUT2D eigenvalue weighted by molar-refractivity contribution is 5.71. The summed E-state index contributed by atoms with van der Waals surface area (Å²) in [4.78, 5) is 11.1. The number of carbonyl (C=O) groups is 1. The van der Waals surface area contributed by atoms with Crippen molar-refractivity contribution < 1.29 is 9.53 Å². The lowest BCUT2D eigenvalue weighted by Gasteiger charge is -2.00. The predicted molar refractivity (Wildman–Crippen MR) is 59.1 cm³/mol. The number of ether oxygens (including phenoxy) is 1. The molecule has 0 spiro atoms. The van der Waals surface area contributed by atoms with E-state index >= 15 is 0 Å². The molecular formula is C12H20O2. The summed E-state index contributed by atoms with van der Waals surface area (Å²) in [6, 6.07) is 0. The number of hydrogen-bond acceptors (Lipinski definition) is 2. The summed E-state index contributed by atoms with van der Waals surface area (Å²) in [5.74, 6) is -0.129. The molecule has 0 aliphatic heterocycles. The Balaban J connectivity index is 3.31. The first-order valence-electron chi connectivity index (χ1n) is 5.23. The highest BCUT2D eigenvalue weighted by Gasteiger charge is 1.97. The molecule has 0 heterocycles. The lowest BCUT2D eigenvalue weighted by atomic mass is 10.3. The van der Waals surface area contributed by atoms with E-state index in [2.05, 4.69) is 6.08 Å². The molecule has 14 heavy (non-hydrogen) atoms. The first-order valence-corrected chi connectivity index (χ1v) is 5.23. The third-order valence-electron chi connectivity index (χ3n) is 1.70. The smallest absolute Gasteiger partial charge is 0.309 e. The number of rotatable bonds is 7. The molecule has 0 aliphatic carbocycles. The average molecular weight is 196 g/mol. The quantitative estimate of drug-likeness (QED) is 0.355. The second-order valence-electron chi connectivity index (χ2n) is 3.02. The molecule has 0 rings (SSSR count). The zero-order chi connectivity index (χ0) is 10.6. The molecule has 0 fully saturated rings. The zero-order valence-electron chi connectivity index (χ0n) is 9.16. The average Bonchev–Trinajstić information content (AvgIpc) is 2.18. The Kier molecular flexibility index (Phi) is 9.28. The van der Waals surface area contributed by atoms with Gasteiger partial charge in [0.2, 0.25) is 0 Å². The first kappa shape index (κ1) is 12.9. The van der Waals surface area contributed by atoms with E-state index in [1.54, 1.807) is 0 Å². The molecule has 0 N–H and O–H groups in total. The Labute approximate surface area is 86.6 Å². The van der Waals surface area contributed by atoms with Crippen LogP contribution in [0.4, 0.5) is 0 Å². The maximum atomic E-state index is 11.1. The molecule has 0 atom stereocenters. The van der Waals surface area contributed by atoms with Gasteiger partial charge in [-0.15, -0.1) is 0 Å². The molecule has 0 aromatic carbocycles. The molecule has 0 aromatic heterocycles. The summed E-state index contributed by atoms with van der Waals surface area (Å²) in [6.07, 6.45) is 11.2. The molecule has 2 nitrogen and oxygen atoms in total. The Bertz CT molecular complexity index is 192. The third-order valence-corrected chi connectivity index (χ3v) is 1.70. The summed E-state index contributed by atoms with van der Waals surface area (Å²) >= 11 is 0. The highest BCUT2D eigenvalue weighted by atomic mass is 16.5. The van der Waals surface area contributed by atoms with Crippen LogP contribution in [0.5, 0.6) is 0 Å². The van der Waals surface area contributed by atoms with Gasteiger partial charge in [-0.1, -0.05) is 31.2 Å². The van der Waals surface area contributed by atoms with Crippen molar-refractivity contribution in [1.82, 2.24) is 0 Å². The third kappa shape index (κ3) is 9.04. The van der Waals surface area contributed by atoms with Crippen LogP contribution in [0.25, 0.3) is 0 Å².